The number of aliphatic carboxylic acids is 1. The van der Waals surface area contributed by atoms with Gasteiger partial charge in [-0.05, 0) is 0 Å². The van der Waals surface area contributed by atoms with Crippen molar-refractivity contribution < 1.29 is 18.9 Å². The number of hydrogen-bond acceptors (Lipinski definition) is 3. The molecule has 16 heavy (non-hydrogen) atoms. The van der Waals surface area contributed by atoms with Gasteiger partial charge >= 0.3 is 12.0 Å². The summed E-state index contributed by atoms with van der Waals surface area (Å²) >= 11 is 0. The largest absolute Gasteiger partial charge is 0.480 e. The first-order chi connectivity index (χ1) is 7.47. The maximum Gasteiger partial charge on any atom is 0.323 e. The highest BCUT2D eigenvalue weighted by molar-refractivity contribution is 7.84. The monoisotopic (exact) mass is 248 g/mol. The van der Waals surface area contributed by atoms with E-state index in [0.717, 1.165) is 4.90 Å². The SMILES string of the molecule is C=CCN(CC(=O)O)C(=O)NCCS(C)=O. The highest BCUT2D eigenvalue weighted by Crippen LogP contribution is 1.90. The Morgan fingerprint density at radius 1 is 1.56 bits per heavy atom. The van der Waals surface area contributed by atoms with Crippen molar-refractivity contribution in [3.05, 3.63) is 12.7 Å². The molecule has 0 aromatic carbocycles. The zero-order chi connectivity index (χ0) is 12.6. The third-order valence-corrected chi connectivity index (χ3v) is 2.41. The molecule has 2 amide bonds. The zero-order valence-electron chi connectivity index (χ0n) is 9.14. The third-order valence-electron chi connectivity index (χ3n) is 1.63. The Hall–Kier alpha value is -1.37. The van der Waals surface area contributed by atoms with Crippen molar-refractivity contribution >= 4 is 22.8 Å². The van der Waals surface area contributed by atoms with Crippen LogP contribution in [0.15, 0.2) is 12.7 Å². The van der Waals surface area contributed by atoms with E-state index < -0.39 is 22.8 Å². The average molecular weight is 248 g/mol. The van der Waals surface area contributed by atoms with Gasteiger partial charge in [-0.25, -0.2) is 4.79 Å². The Morgan fingerprint density at radius 2 is 2.19 bits per heavy atom. The summed E-state index contributed by atoms with van der Waals surface area (Å²) in [5, 5.41) is 11.1. The lowest BCUT2D eigenvalue weighted by atomic mass is 10.5. The third kappa shape index (κ3) is 6.99. The van der Waals surface area contributed by atoms with Crippen LogP contribution in [-0.4, -0.2) is 57.9 Å². The van der Waals surface area contributed by atoms with E-state index in [1.54, 1.807) is 0 Å². The number of hydrogen-bond donors (Lipinski definition) is 2. The molecule has 0 bridgehead atoms. The van der Waals surface area contributed by atoms with Crippen LogP contribution in [0.1, 0.15) is 0 Å². The lowest BCUT2D eigenvalue weighted by molar-refractivity contribution is -0.137. The van der Waals surface area contributed by atoms with Crippen molar-refractivity contribution in [3.8, 4) is 0 Å². The van der Waals surface area contributed by atoms with Gasteiger partial charge in [0.25, 0.3) is 0 Å². The van der Waals surface area contributed by atoms with Gasteiger partial charge in [0.05, 0.1) is 0 Å². The van der Waals surface area contributed by atoms with E-state index in [9.17, 15) is 13.8 Å². The van der Waals surface area contributed by atoms with Crippen molar-refractivity contribution in [2.45, 2.75) is 0 Å². The van der Waals surface area contributed by atoms with Crippen LogP contribution < -0.4 is 5.32 Å². The molecule has 0 aliphatic carbocycles. The number of urea groups is 1. The summed E-state index contributed by atoms with van der Waals surface area (Å²) < 4.78 is 10.7. The smallest absolute Gasteiger partial charge is 0.323 e. The van der Waals surface area contributed by atoms with E-state index >= 15 is 0 Å². The van der Waals surface area contributed by atoms with Gasteiger partial charge in [0, 0.05) is 35.9 Å². The van der Waals surface area contributed by atoms with E-state index in [1.165, 1.54) is 12.3 Å². The summed E-state index contributed by atoms with van der Waals surface area (Å²) in [4.78, 5) is 23.0. The Morgan fingerprint density at radius 3 is 2.62 bits per heavy atom. The molecule has 1 atom stereocenters. The van der Waals surface area contributed by atoms with Gasteiger partial charge in [-0.3, -0.25) is 9.00 Å². The Balaban J connectivity index is 4.10. The van der Waals surface area contributed by atoms with Gasteiger partial charge in [-0.2, -0.15) is 0 Å². The van der Waals surface area contributed by atoms with Crippen LogP contribution in [0.4, 0.5) is 4.79 Å². The predicted octanol–water partition coefficient (Wildman–Crippen LogP) is -0.353. The van der Waals surface area contributed by atoms with Crippen molar-refractivity contribution in [1.29, 1.82) is 0 Å². The van der Waals surface area contributed by atoms with E-state index in [2.05, 4.69) is 11.9 Å². The van der Waals surface area contributed by atoms with Crippen LogP contribution in [0.3, 0.4) is 0 Å². The molecule has 0 aromatic heterocycles. The number of carboxylic acids is 1. The van der Waals surface area contributed by atoms with Crippen LogP contribution in [-0.2, 0) is 15.6 Å². The second-order valence-electron chi connectivity index (χ2n) is 3.07. The summed E-state index contributed by atoms with van der Waals surface area (Å²) in [7, 11) is -0.979. The van der Waals surface area contributed by atoms with Crippen LogP contribution in [0, 0.1) is 0 Å². The molecular weight excluding hydrogens is 232 g/mol. The van der Waals surface area contributed by atoms with Gasteiger partial charge < -0.3 is 15.3 Å². The standard InChI is InChI=1S/C9H16N2O4S/c1-3-5-11(7-8(12)13)9(14)10-4-6-16(2)15/h3H,1,4-7H2,2H3,(H,10,14)(H,12,13). The van der Waals surface area contributed by atoms with E-state index in [1.807, 2.05) is 0 Å². The lowest BCUT2D eigenvalue weighted by Crippen LogP contribution is -2.43. The number of nitrogens with one attached hydrogen (secondary N) is 1. The maximum absolute atomic E-state index is 11.5. The minimum absolute atomic E-state index is 0.160. The molecule has 0 rings (SSSR count). The van der Waals surface area contributed by atoms with Crippen molar-refractivity contribution in [2.24, 2.45) is 0 Å². The number of carboxylic acid groups (broad SMARTS) is 1. The van der Waals surface area contributed by atoms with Gasteiger partial charge in [0.1, 0.15) is 6.54 Å². The fourth-order valence-corrected chi connectivity index (χ4v) is 1.34. The molecule has 0 saturated heterocycles. The minimum Gasteiger partial charge on any atom is -0.480 e. The number of nitrogens with zero attached hydrogens (tertiary/aromatic N) is 1. The first kappa shape index (κ1) is 14.6. The molecule has 0 radical (unpaired) electrons. The average Bonchev–Trinajstić information content (AvgIpc) is 2.15. The predicted molar refractivity (Wildman–Crippen MR) is 61.7 cm³/mol. The number of carbonyl (C=O) groups is 2. The number of rotatable bonds is 7. The summed E-state index contributed by atoms with van der Waals surface area (Å²) in [6.45, 7) is 3.47. The van der Waals surface area contributed by atoms with E-state index in [0.29, 0.717) is 5.75 Å². The molecule has 6 nitrogen and oxygen atoms in total. The first-order valence-electron chi connectivity index (χ1n) is 4.63. The van der Waals surface area contributed by atoms with Gasteiger partial charge in [0.15, 0.2) is 0 Å². The van der Waals surface area contributed by atoms with Gasteiger partial charge in [0.2, 0.25) is 0 Å². The summed E-state index contributed by atoms with van der Waals surface area (Å²) in [5.41, 5.74) is 0. The normalized spacial score (nSPS) is 11.6. The van der Waals surface area contributed by atoms with Crippen LogP contribution in [0.25, 0.3) is 0 Å². The van der Waals surface area contributed by atoms with Crippen LogP contribution in [0.2, 0.25) is 0 Å². The van der Waals surface area contributed by atoms with Crippen molar-refractivity contribution in [1.82, 2.24) is 10.2 Å². The molecule has 0 aromatic rings. The Bertz CT molecular complexity index is 293. The molecular formula is C9H16N2O4S. The van der Waals surface area contributed by atoms with Gasteiger partial charge in [-0.15, -0.1) is 6.58 Å². The minimum atomic E-state index is -1.09. The quantitative estimate of drug-likeness (QED) is 0.603. The van der Waals surface area contributed by atoms with Crippen molar-refractivity contribution in [2.75, 3.05) is 31.6 Å². The molecule has 7 heteroatoms. The van der Waals surface area contributed by atoms with Crippen LogP contribution in [0.5, 0.6) is 0 Å². The lowest BCUT2D eigenvalue weighted by Gasteiger charge is -2.19. The Labute approximate surface area is 96.8 Å². The molecule has 0 aliphatic rings. The first-order valence-corrected chi connectivity index (χ1v) is 6.35. The molecule has 0 heterocycles. The van der Waals surface area contributed by atoms with Gasteiger partial charge in [-0.1, -0.05) is 6.08 Å². The summed E-state index contributed by atoms with van der Waals surface area (Å²) in [5.74, 6) is -0.739. The molecule has 92 valence electrons. The second kappa shape index (κ2) is 7.86. The zero-order valence-corrected chi connectivity index (χ0v) is 9.96. The van der Waals surface area contributed by atoms with E-state index in [-0.39, 0.29) is 19.6 Å². The highest BCUT2D eigenvalue weighted by Gasteiger charge is 2.14. The number of amides is 2. The maximum atomic E-state index is 11.5. The molecule has 0 saturated carbocycles. The highest BCUT2D eigenvalue weighted by atomic mass is 32.2. The van der Waals surface area contributed by atoms with E-state index in [4.69, 9.17) is 5.11 Å². The fraction of sp³-hybridized carbons (Fsp3) is 0.556. The molecule has 0 aliphatic heterocycles. The second-order valence-corrected chi connectivity index (χ2v) is 4.63. The Kier molecular flexibility index (Phi) is 7.19. The summed E-state index contributed by atoms with van der Waals surface area (Å²) in [6.07, 6.45) is 2.98. The fourth-order valence-electron chi connectivity index (χ4n) is 0.952. The molecule has 0 fully saturated rings. The summed E-state index contributed by atoms with van der Waals surface area (Å²) in [6, 6.07) is -0.493. The van der Waals surface area contributed by atoms with Crippen LogP contribution >= 0.6 is 0 Å². The number of carbonyl (C=O) groups excluding carboxylic acids is 1. The molecule has 1 unspecified atom stereocenters. The topological polar surface area (TPSA) is 86.7 Å². The molecule has 0 spiro atoms. The van der Waals surface area contributed by atoms with Crippen molar-refractivity contribution in [3.63, 3.8) is 0 Å². The molecule has 2 N–H and O–H groups in total.